The molecule has 0 saturated heterocycles. The van der Waals surface area contributed by atoms with Crippen LogP contribution < -0.4 is 9.47 Å². The fraction of sp³-hybridized carbons (Fsp3) is 0.217. The highest BCUT2D eigenvalue weighted by Gasteiger charge is 2.12. The van der Waals surface area contributed by atoms with Crippen LogP contribution in [0.4, 0.5) is 0 Å². The first-order chi connectivity index (χ1) is 15.0. The molecule has 0 aliphatic rings. The van der Waals surface area contributed by atoms with E-state index in [4.69, 9.17) is 9.47 Å². The van der Waals surface area contributed by atoms with E-state index in [1.807, 2.05) is 13.0 Å². The molecule has 6 nitrogen and oxygen atoms in total. The number of benzene rings is 2. The van der Waals surface area contributed by atoms with Crippen molar-refractivity contribution in [3.05, 3.63) is 71.4 Å². The maximum atomic E-state index is 12.4. The number of hydrogen-bond acceptors (Lipinski definition) is 8. The smallest absolute Gasteiger partial charge is 0.189 e. The van der Waals surface area contributed by atoms with Gasteiger partial charge < -0.3 is 9.47 Å². The van der Waals surface area contributed by atoms with Gasteiger partial charge in [0.25, 0.3) is 0 Å². The average molecular weight is 455 g/mol. The molecule has 8 heteroatoms. The van der Waals surface area contributed by atoms with Gasteiger partial charge in [-0.25, -0.2) is 9.97 Å². The summed E-state index contributed by atoms with van der Waals surface area (Å²) in [5, 5.41) is 1.22. The van der Waals surface area contributed by atoms with Gasteiger partial charge in [-0.3, -0.25) is 9.59 Å². The molecule has 1 heterocycles. The summed E-state index contributed by atoms with van der Waals surface area (Å²) in [4.78, 5) is 33.8. The molecule has 0 saturated carbocycles. The number of hydrogen-bond donors (Lipinski definition) is 0. The Morgan fingerprint density at radius 2 is 1.26 bits per heavy atom. The van der Waals surface area contributed by atoms with Gasteiger partial charge in [0.2, 0.25) is 0 Å². The number of nitrogens with zero attached hydrogens (tertiary/aromatic N) is 2. The Kier molecular flexibility index (Phi) is 8.08. The van der Waals surface area contributed by atoms with E-state index in [9.17, 15) is 9.59 Å². The molecule has 0 spiro atoms. The van der Waals surface area contributed by atoms with Crippen LogP contribution in [0.3, 0.4) is 0 Å². The highest BCUT2D eigenvalue weighted by atomic mass is 32.2. The second-order valence-electron chi connectivity index (χ2n) is 6.51. The quantitative estimate of drug-likeness (QED) is 0.188. The number of Topliss-reactive ketones (excluding diaryl/α,β-unsaturated/α-hetero) is 2. The normalized spacial score (nSPS) is 10.5. The van der Waals surface area contributed by atoms with E-state index in [1.165, 1.54) is 23.5 Å². The molecule has 0 radical (unpaired) electrons. The standard InChI is InChI=1S/C23H22N2O4S2/c1-15-12-22(30-13-20(26)16-4-8-18(28-2)9-5-16)25-23(24-15)31-14-21(27)17-6-10-19(29-3)11-7-17/h4-12H,13-14H2,1-3H3. The summed E-state index contributed by atoms with van der Waals surface area (Å²) in [6, 6.07) is 15.9. The maximum absolute atomic E-state index is 12.4. The van der Waals surface area contributed by atoms with Crippen molar-refractivity contribution in [1.82, 2.24) is 9.97 Å². The van der Waals surface area contributed by atoms with E-state index < -0.39 is 0 Å². The van der Waals surface area contributed by atoms with Gasteiger partial charge in [0.05, 0.1) is 25.7 Å². The minimum atomic E-state index is -0.0124. The van der Waals surface area contributed by atoms with Gasteiger partial charge in [0.1, 0.15) is 16.5 Å². The van der Waals surface area contributed by atoms with Crippen LogP contribution in [0.15, 0.2) is 64.8 Å². The van der Waals surface area contributed by atoms with Crippen LogP contribution in [0.2, 0.25) is 0 Å². The Bertz CT molecular complexity index is 972. The summed E-state index contributed by atoms with van der Waals surface area (Å²) in [6.07, 6.45) is 0. The van der Waals surface area contributed by atoms with Crippen molar-refractivity contribution in [2.45, 2.75) is 17.1 Å². The van der Waals surface area contributed by atoms with Crippen LogP contribution in [0.25, 0.3) is 0 Å². The number of ketones is 2. The minimum Gasteiger partial charge on any atom is -0.497 e. The average Bonchev–Trinajstić information content (AvgIpc) is 2.80. The molecular formula is C23H22N2O4S2. The van der Waals surface area contributed by atoms with Crippen molar-refractivity contribution < 1.29 is 19.1 Å². The molecule has 3 rings (SSSR count). The van der Waals surface area contributed by atoms with Gasteiger partial charge in [-0.1, -0.05) is 23.5 Å². The lowest BCUT2D eigenvalue weighted by atomic mass is 10.1. The van der Waals surface area contributed by atoms with Crippen LogP contribution in [0, 0.1) is 6.92 Å². The number of aryl methyl sites for hydroxylation is 1. The van der Waals surface area contributed by atoms with E-state index in [0.717, 1.165) is 5.69 Å². The first kappa shape index (κ1) is 22.8. The lowest BCUT2D eigenvalue weighted by Crippen LogP contribution is -2.05. The lowest BCUT2D eigenvalue weighted by molar-refractivity contribution is 0.101. The summed E-state index contributed by atoms with van der Waals surface area (Å²) >= 11 is 2.63. The zero-order chi connectivity index (χ0) is 22.2. The first-order valence-corrected chi connectivity index (χ1v) is 11.4. The molecule has 0 bridgehead atoms. The predicted octanol–water partition coefficient (Wildman–Crippen LogP) is 4.75. The Labute approximate surface area is 189 Å². The third-order valence-electron chi connectivity index (χ3n) is 4.32. The summed E-state index contributed by atoms with van der Waals surface area (Å²) in [5.41, 5.74) is 2.02. The second-order valence-corrected chi connectivity index (χ2v) is 8.45. The molecule has 0 aliphatic carbocycles. The van der Waals surface area contributed by atoms with E-state index in [1.54, 1.807) is 62.8 Å². The molecule has 0 amide bonds. The Balaban J connectivity index is 1.58. The van der Waals surface area contributed by atoms with Gasteiger partial charge >= 0.3 is 0 Å². The van der Waals surface area contributed by atoms with Crippen molar-refractivity contribution >= 4 is 35.1 Å². The van der Waals surface area contributed by atoms with E-state index in [0.29, 0.717) is 32.8 Å². The molecule has 0 N–H and O–H groups in total. The van der Waals surface area contributed by atoms with Crippen LogP contribution in [0.5, 0.6) is 11.5 Å². The van der Waals surface area contributed by atoms with Crippen molar-refractivity contribution in [3.63, 3.8) is 0 Å². The molecule has 160 valence electrons. The van der Waals surface area contributed by atoms with Gasteiger partial charge in [-0.15, -0.1) is 0 Å². The van der Waals surface area contributed by atoms with Gasteiger partial charge in [-0.05, 0) is 61.5 Å². The molecule has 1 aromatic heterocycles. The molecular weight excluding hydrogens is 432 g/mol. The fourth-order valence-corrected chi connectivity index (χ4v) is 4.35. The molecule has 2 aromatic carbocycles. The van der Waals surface area contributed by atoms with Crippen LogP contribution >= 0.6 is 23.5 Å². The summed E-state index contributed by atoms with van der Waals surface area (Å²) in [5.74, 6) is 1.90. The van der Waals surface area contributed by atoms with Crippen molar-refractivity contribution in [2.24, 2.45) is 0 Å². The van der Waals surface area contributed by atoms with Crippen molar-refractivity contribution in [3.8, 4) is 11.5 Å². The third-order valence-corrected chi connectivity index (χ3v) is 6.08. The number of methoxy groups -OCH3 is 2. The third kappa shape index (κ3) is 6.57. The van der Waals surface area contributed by atoms with E-state index in [2.05, 4.69) is 9.97 Å². The molecule has 3 aromatic rings. The molecule has 0 atom stereocenters. The van der Waals surface area contributed by atoms with Crippen LogP contribution in [-0.4, -0.2) is 47.3 Å². The molecule has 0 unspecified atom stereocenters. The number of rotatable bonds is 10. The minimum absolute atomic E-state index is 0.00723. The fourth-order valence-electron chi connectivity index (χ4n) is 2.64. The first-order valence-electron chi connectivity index (χ1n) is 9.44. The predicted molar refractivity (Wildman–Crippen MR) is 123 cm³/mol. The maximum Gasteiger partial charge on any atom is 0.189 e. The number of thioether (sulfide) groups is 2. The Morgan fingerprint density at radius 1 is 0.774 bits per heavy atom. The monoisotopic (exact) mass is 454 g/mol. The topological polar surface area (TPSA) is 78.4 Å². The number of ether oxygens (including phenoxy) is 2. The zero-order valence-electron chi connectivity index (χ0n) is 17.5. The van der Waals surface area contributed by atoms with Crippen molar-refractivity contribution in [2.75, 3.05) is 25.7 Å². The van der Waals surface area contributed by atoms with E-state index in [-0.39, 0.29) is 23.1 Å². The number of carbonyl (C=O) groups is 2. The van der Waals surface area contributed by atoms with Crippen LogP contribution in [0.1, 0.15) is 26.4 Å². The lowest BCUT2D eigenvalue weighted by Gasteiger charge is -2.06. The van der Waals surface area contributed by atoms with Gasteiger partial charge in [0, 0.05) is 16.8 Å². The van der Waals surface area contributed by atoms with Crippen molar-refractivity contribution in [1.29, 1.82) is 0 Å². The summed E-state index contributed by atoms with van der Waals surface area (Å²) in [7, 11) is 3.17. The van der Waals surface area contributed by atoms with E-state index >= 15 is 0 Å². The van der Waals surface area contributed by atoms with Gasteiger partial charge in [0.15, 0.2) is 16.7 Å². The van der Waals surface area contributed by atoms with Gasteiger partial charge in [-0.2, -0.15) is 0 Å². The highest BCUT2D eigenvalue weighted by Crippen LogP contribution is 2.23. The largest absolute Gasteiger partial charge is 0.497 e. The second kappa shape index (κ2) is 11.0. The zero-order valence-corrected chi connectivity index (χ0v) is 19.1. The SMILES string of the molecule is COc1ccc(C(=O)CSc2cc(C)nc(SCC(=O)c3ccc(OC)cc3)n2)cc1. The highest BCUT2D eigenvalue weighted by molar-refractivity contribution is 8.00. The summed E-state index contributed by atoms with van der Waals surface area (Å²) < 4.78 is 10.2. The van der Waals surface area contributed by atoms with Crippen LogP contribution in [-0.2, 0) is 0 Å². The Hall–Kier alpha value is -2.84. The number of carbonyl (C=O) groups excluding carboxylic acids is 2. The Morgan fingerprint density at radius 3 is 1.74 bits per heavy atom. The number of aromatic nitrogens is 2. The molecule has 0 aliphatic heterocycles. The molecule has 31 heavy (non-hydrogen) atoms. The molecule has 0 fully saturated rings. The summed E-state index contributed by atoms with van der Waals surface area (Å²) in [6.45, 7) is 1.87.